The molecule has 4 nitrogen and oxygen atoms in total. The number of nitrogens with zero attached hydrogens (tertiary/aromatic N) is 2. The van der Waals surface area contributed by atoms with Gasteiger partial charge in [-0.25, -0.2) is 9.13 Å². The van der Waals surface area contributed by atoms with Crippen molar-refractivity contribution in [3.63, 3.8) is 0 Å². The van der Waals surface area contributed by atoms with Gasteiger partial charge in [0.05, 0.1) is 13.2 Å². The highest BCUT2D eigenvalue weighted by atomic mass is 79.9. The Morgan fingerprint density at radius 3 is 2.56 bits per heavy atom. The molecule has 1 N–H and O–H groups in total. The van der Waals surface area contributed by atoms with Crippen molar-refractivity contribution in [1.29, 1.82) is 0 Å². The van der Waals surface area contributed by atoms with Gasteiger partial charge in [-0.1, -0.05) is 53.0 Å². The van der Waals surface area contributed by atoms with Crippen LogP contribution in [0.4, 0.5) is 5.69 Å². The van der Waals surface area contributed by atoms with Crippen molar-refractivity contribution in [1.82, 2.24) is 4.57 Å². The number of hydrogen-bond acceptors (Lipinski definition) is 2. The monoisotopic (exact) mass is 557 g/mol. The average molecular weight is 560 g/mol. The third-order valence-electron chi connectivity index (χ3n) is 4.81. The van der Waals surface area contributed by atoms with Crippen molar-refractivity contribution in [3.8, 4) is 0 Å². The zero-order valence-corrected chi connectivity index (χ0v) is 21.7. The van der Waals surface area contributed by atoms with Crippen LogP contribution in [0.5, 0.6) is 0 Å². The minimum atomic E-state index is -0.164. The molecule has 0 fully saturated rings. The molecule has 3 rings (SSSR count). The zero-order valence-electron chi connectivity index (χ0n) is 17.9. The molecule has 0 spiro atoms. The van der Waals surface area contributed by atoms with E-state index in [4.69, 9.17) is 39.5 Å². The number of anilines is 1. The molecular weight excluding hydrogens is 533 g/mol. The van der Waals surface area contributed by atoms with Crippen LogP contribution in [0.15, 0.2) is 73.3 Å². The molecule has 1 atom stereocenters. The summed E-state index contributed by atoms with van der Waals surface area (Å²) in [4.78, 5) is 0. The van der Waals surface area contributed by atoms with Crippen LogP contribution in [0, 0.1) is 0 Å². The Balaban J connectivity index is 0.00000363. The van der Waals surface area contributed by atoms with Crippen LogP contribution in [0.1, 0.15) is 25.0 Å². The fraction of sp³-hybridized carbons (Fsp3) is 0.292. The van der Waals surface area contributed by atoms with Crippen LogP contribution in [0.3, 0.4) is 0 Å². The van der Waals surface area contributed by atoms with E-state index in [0.717, 1.165) is 35.8 Å². The second-order valence-electron chi connectivity index (χ2n) is 7.16. The fourth-order valence-corrected chi connectivity index (χ4v) is 3.87. The van der Waals surface area contributed by atoms with Crippen LogP contribution in [-0.2, 0) is 17.8 Å². The van der Waals surface area contributed by atoms with Gasteiger partial charge < -0.3 is 27.0 Å². The quantitative estimate of drug-likeness (QED) is 0.221. The maximum absolute atomic E-state index is 6.46. The molecular formula is C24H27BrCl3N3O. The van der Waals surface area contributed by atoms with Crippen LogP contribution in [-0.4, -0.2) is 17.7 Å². The Kier molecular flexibility index (Phi) is 11.6. The van der Waals surface area contributed by atoms with E-state index in [2.05, 4.69) is 39.2 Å². The van der Waals surface area contributed by atoms with E-state index >= 15 is 0 Å². The lowest BCUT2D eigenvalue weighted by Gasteiger charge is -2.18. The molecule has 0 radical (unpaired) electrons. The fourth-order valence-electron chi connectivity index (χ4n) is 3.22. The molecule has 3 aromatic rings. The topological polar surface area (TPSA) is 30.1 Å². The number of nitrogens with one attached hydrogen (secondary N) is 1. The molecule has 0 bridgehead atoms. The summed E-state index contributed by atoms with van der Waals surface area (Å²) in [6, 6.07) is 13.3. The number of allylic oxidation sites excluding steroid dienone is 1. The molecule has 0 saturated carbocycles. The number of aromatic nitrogens is 2. The lowest BCUT2D eigenvalue weighted by atomic mass is 10.1. The smallest absolute Gasteiger partial charge is 0.243 e. The summed E-state index contributed by atoms with van der Waals surface area (Å²) in [5.74, 6) is 0. The third kappa shape index (κ3) is 8.45. The summed E-state index contributed by atoms with van der Waals surface area (Å²) in [7, 11) is 0. The molecule has 172 valence electrons. The predicted octanol–water partition coefficient (Wildman–Crippen LogP) is 3.58. The molecule has 1 unspecified atom stereocenters. The molecule has 32 heavy (non-hydrogen) atoms. The van der Waals surface area contributed by atoms with Crippen LogP contribution >= 0.6 is 34.8 Å². The minimum absolute atomic E-state index is 0. The largest absolute Gasteiger partial charge is 1.00 e. The van der Waals surface area contributed by atoms with E-state index in [-0.39, 0.29) is 23.1 Å². The van der Waals surface area contributed by atoms with Crippen molar-refractivity contribution in [2.45, 2.75) is 32.5 Å². The van der Waals surface area contributed by atoms with Crippen LogP contribution < -0.4 is 26.9 Å². The van der Waals surface area contributed by atoms with Crippen LogP contribution in [0.25, 0.3) is 0 Å². The normalized spacial score (nSPS) is 12.0. The standard InChI is InChI=1S/C24H27Cl3N3O.BrH/c1-2-3-4-15-31-24(22-10-7-20(26)16-23(22)27)17-30-14-13-29(18-30)12-11-28-21-8-5-19(25)6-9-21;/h2-3,5-10,13-14,16,18,24,28H,4,11-12,15,17H2,1H3;1H/q+1;/p-1/b3-2+;. The summed E-state index contributed by atoms with van der Waals surface area (Å²) >= 11 is 18.5. The SMILES string of the molecule is C/C=C/CCOC(Cn1cc[n+](CCNc2ccc(Cl)cc2)c1)c1ccc(Cl)cc1Cl.[Br-]. The van der Waals surface area contributed by atoms with Gasteiger partial charge in [-0.3, -0.25) is 0 Å². The molecule has 1 aromatic heterocycles. The summed E-state index contributed by atoms with van der Waals surface area (Å²) in [5.41, 5.74) is 1.99. The number of halogens is 4. The van der Waals surface area contributed by atoms with Gasteiger partial charge >= 0.3 is 0 Å². The molecule has 0 aliphatic carbocycles. The average Bonchev–Trinajstić information content (AvgIpc) is 3.19. The van der Waals surface area contributed by atoms with Gasteiger partial charge in [-0.2, -0.15) is 0 Å². The second kappa shape index (κ2) is 13.9. The first kappa shape index (κ1) is 26.7. The van der Waals surface area contributed by atoms with E-state index in [1.54, 1.807) is 6.07 Å². The van der Waals surface area contributed by atoms with Crippen molar-refractivity contribution in [2.24, 2.45) is 0 Å². The maximum Gasteiger partial charge on any atom is 0.243 e. The van der Waals surface area contributed by atoms with E-state index in [1.807, 2.05) is 49.4 Å². The van der Waals surface area contributed by atoms with Gasteiger partial charge in [0.2, 0.25) is 6.33 Å². The first-order valence-electron chi connectivity index (χ1n) is 10.3. The predicted molar refractivity (Wildman–Crippen MR) is 129 cm³/mol. The van der Waals surface area contributed by atoms with E-state index in [9.17, 15) is 0 Å². The maximum atomic E-state index is 6.46. The zero-order chi connectivity index (χ0) is 22.1. The van der Waals surface area contributed by atoms with Gasteiger partial charge in [0.25, 0.3) is 0 Å². The summed E-state index contributed by atoms with van der Waals surface area (Å²) in [5, 5.41) is 5.38. The third-order valence-corrected chi connectivity index (χ3v) is 5.63. The van der Waals surface area contributed by atoms with E-state index < -0.39 is 0 Å². The highest BCUT2D eigenvalue weighted by molar-refractivity contribution is 6.35. The van der Waals surface area contributed by atoms with E-state index in [1.165, 1.54) is 0 Å². The minimum Gasteiger partial charge on any atom is -1.00 e. The molecule has 8 heteroatoms. The first-order valence-corrected chi connectivity index (χ1v) is 11.4. The molecule has 0 aliphatic heterocycles. The number of ether oxygens (including phenoxy) is 1. The highest BCUT2D eigenvalue weighted by Crippen LogP contribution is 2.29. The molecule has 1 heterocycles. The van der Waals surface area contributed by atoms with Crippen LogP contribution in [0.2, 0.25) is 15.1 Å². The number of imidazole rings is 1. The van der Waals surface area contributed by atoms with Crippen molar-refractivity contribution < 1.29 is 26.3 Å². The summed E-state index contributed by atoms with van der Waals surface area (Å²) < 4.78 is 10.4. The Bertz CT molecular complexity index is 992. The van der Waals surface area contributed by atoms with Crippen molar-refractivity contribution >= 4 is 40.5 Å². The number of rotatable bonds is 11. The Morgan fingerprint density at radius 1 is 1.09 bits per heavy atom. The lowest BCUT2D eigenvalue weighted by Crippen LogP contribution is -3.00. The van der Waals surface area contributed by atoms with E-state index in [0.29, 0.717) is 23.2 Å². The molecule has 0 amide bonds. The van der Waals surface area contributed by atoms with Gasteiger partial charge in [0.15, 0.2) is 0 Å². The Hall–Kier alpha value is -1.50. The number of hydrogen-bond donors (Lipinski definition) is 1. The number of benzene rings is 2. The first-order chi connectivity index (χ1) is 15.0. The summed E-state index contributed by atoms with van der Waals surface area (Å²) in [6.07, 6.45) is 11.0. The second-order valence-corrected chi connectivity index (χ2v) is 8.44. The Labute approximate surface area is 215 Å². The van der Waals surface area contributed by atoms with Crippen molar-refractivity contribution in [2.75, 3.05) is 18.5 Å². The lowest BCUT2D eigenvalue weighted by molar-refractivity contribution is -0.693. The van der Waals surface area contributed by atoms with Gasteiger partial charge in [-0.05, 0) is 49.7 Å². The molecule has 2 aromatic carbocycles. The van der Waals surface area contributed by atoms with Crippen molar-refractivity contribution in [3.05, 3.63) is 94.0 Å². The molecule has 0 saturated heterocycles. The van der Waals surface area contributed by atoms with Gasteiger partial charge in [-0.15, -0.1) is 0 Å². The summed E-state index contributed by atoms with van der Waals surface area (Å²) in [6.45, 7) is 4.94. The van der Waals surface area contributed by atoms with Gasteiger partial charge in [0, 0.05) is 26.3 Å². The Morgan fingerprint density at radius 2 is 1.84 bits per heavy atom. The van der Waals surface area contributed by atoms with Gasteiger partial charge in [0.1, 0.15) is 31.6 Å². The molecule has 0 aliphatic rings. The highest BCUT2D eigenvalue weighted by Gasteiger charge is 2.19.